The van der Waals surface area contributed by atoms with Gasteiger partial charge in [0.05, 0.1) is 10.5 Å². The van der Waals surface area contributed by atoms with Gasteiger partial charge in [0.25, 0.3) is 5.69 Å². The van der Waals surface area contributed by atoms with E-state index in [1.54, 1.807) is 18.2 Å². The number of fused-ring (bicyclic) bond motifs is 1. The van der Waals surface area contributed by atoms with Crippen molar-refractivity contribution in [1.29, 1.82) is 0 Å². The molecule has 0 aliphatic rings. The van der Waals surface area contributed by atoms with Crippen molar-refractivity contribution in [3.8, 4) is 10.6 Å². The van der Waals surface area contributed by atoms with Gasteiger partial charge in [0.1, 0.15) is 6.33 Å². The highest BCUT2D eigenvalue weighted by atomic mass is 32.1. The molecule has 3 rings (SSSR count). The molecule has 0 atom stereocenters. The van der Waals surface area contributed by atoms with E-state index in [1.807, 2.05) is 0 Å². The van der Waals surface area contributed by atoms with E-state index in [0.29, 0.717) is 15.5 Å². The first-order valence-electron chi connectivity index (χ1n) is 4.66. The minimum Gasteiger partial charge on any atom is -0.258 e. The molecule has 0 radical (unpaired) electrons. The van der Waals surface area contributed by atoms with E-state index in [0.717, 1.165) is 0 Å². The SMILES string of the molecule is O=[N+]([O-])c1ccccc1-c1nn2cnnc2s1. The van der Waals surface area contributed by atoms with E-state index in [2.05, 4.69) is 15.3 Å². The monoisotopic (exact) mass is 247 g/mol. The molecule has 0 bridgehead atoms. The van der Waals surface area contributed by atoms with Crippen LogP contribution in [-0.4, -0.2) is 24.7 Å². The third-order valence-electron chi connectivity index (χ3n) is 2.22. The summed E-state index contributed by atoms with van der Waals surface area (Å²) in [5, 5.41) is 23.2. The van der Waals surface area contributed by atoms with Crippen LogP contribution in [0.25, 0.3) is 15.5 Å². The summed E-state index contributed by atoms with van der Waals surface area (Å²) in [6.45, 7) is 0. The molecule has 84 valence electrons. The number of nitrogens with zero attached hydrogens (tertiary/aromatic N) is 5. The van der Waals surface area contributed by atoms with Gasteiger partial charge in [-0.1, -0.05) is 23.5 Å². The Morgan fingerprint density at radius 3 is 2.94 bits per heavy atom. The fourth-order valence-electron chi connectivity index (χ4n) is 1.48. The molecular weight excluding hydrogens is 242 g/mol. The molecule has 0 saturated carbocycles. The van der Waals surface area contributed by atoms with Gasteiger partial charge in [-0.3, -0.25) is 10.1 Å². The summed E-state index contributed by atoms with van der Waals surface area (Å²) in [6, 6.07) is 6.49. The highest BCUT2D eigenvalue weighted by molar-refractivity contribution is 7.19. The summed E-state index contributed by atoms with van der Waals surface area (Å²) >= 11 is 1.26. The lowest BCUT2D eigenvalue weighted by molar-refractivity contribution is -0.384. The van der Waals surface area contributed by atoms with Gasteiger partial charge in [-0.15, -0.1) is 10.2 Å². The molecule has 0 N–H and O–H groups in total. The van der Waals surface area contributed by atoms with Crippen molar-refractivity contribution in [2.75, 3.05) is 0 Å². The Morgan fingerprint density at radius 2 is 2.18 bits per heavy atom. The Bertz CT molecular complexity index is 676. The number of nitro benzene ring substituents is 1. The van der Waals surface area contributed by atoms with Crippen LogP contribution < -0.4 is 0 Å². The largest absolute Gasteiger partial charge is 0.279 e. The van der Waals surface area contributed by atoms with Gasteiger partial charge in [0.15, 0.2) is 5.01 Å². The van der Waals surface area contributed by atoms with Crippen molar-refractivity contribution < 1.29 is 4.92 Å². The van der Waals surface area contributed by atoms with Crippen LogP contribution in [0.15, 0.2) is 30.6 Å². The van der Waals surface area contributed by atoms with Crippen molar-refractivity contribution in [3.05, 3.63) is 40.7 Å². The highest BCUT2D eigenvalue weighted by Gasteiger charge is 2.18. The van der Waals surface area contributed by atoms with E-state index in [-0.39, 0.29) is 5.69 Å². The van der Waals surface area contributed by atoms with Crippen molar-refractivity contribution in [2.45, 2.75) is 0 Å². The fraction of sp³-hybridized carbons (Fsp3) is 0. The molecular formula is C9H5N5O2S. The molecule has 0 unspecified atom stereocenters. The molecule has 0 spiro atoms. The maximum Gasteiger partial charge on any atom is 0.279 e. The zero-order chi connectivity index (χ0) is 11.8. The van der Waals surface area contributed by atoms with E-state index in [9.17, 15) is 10.1 Å². The summed E-state index contributed by atoms with van der Waals surface area (Å²) in [6.07, 6.45) is 1.46. The topological polar surface area (TPSA) is 86.2 Å². The van der Waals surface area contributed by atoms with Gasteiger partial charge in [-0.05, 0) is 6.07 Å². The Balaban J connectivity index is 2.21. The van der Waals surface area contributed by atoms with E-state index in [4.69, 9.17) is 0 Å². The lowest BCUT2D eigenvalue weighted by atomic mass is 10.2. The normalized spacial score (nSPS) is 10.8. The number of benzene rings is 1. The molecule has 7 nitrogen and oxygen atoms in total. The smallest absolute Gasteiger partial charge is 0.258 e. The second-order valence-corrected chi connectivity index (χ2v) is 4.20. The zero-order valence-electron chi connectivity index (χ0n) is 8.35. The number of hydrogen-bond acceptors (Lipinski definition) is 6. The first-order valence-corrected chi connectivity index (χ1v) is 5.48. The van der Waals surface area contributed by atoms with Crippen LogP contribution in [0, 0.1) is 10.1 Å². The lowest BCUT2D eigenvalue weighted by Gasteiger charge is -1.96. The fourth-order valence-corrected chi connectivity index (χ4v) is 2.34. The first kappa shape index (κ1) is 9.85. The van der Waals surface area contributed by atoms with Gasteiger partial charge < -0.3 is 0 Å². The van der Waals surface area contributed by atoms with Crippen LogP contribution in [0.4, 0.5) is 5.69 Å². The average Bonchev–Trinajstić information content (AvgIpc) is 2.88. The molecule has 2 aromatic heterocycles. The van der Waals surface area contributed by atoms with E-state index in [1.165, 1.54) is 28.2 Å². The van der Waals surface area contributed by atoms with Crippen molar-refractivity contribution in [2.24, 2.45) is 0 Å². The highest BCUT2D eigenvalue weighted by Crippen LogP contribution is 2.31. The van der Waals surface area contributed by atoms with Gasteiger partial charge >= 0.3 is 0 Å². The molecule has 0 aliphatic heterocycles. The molecule has 3 aromatic rings. The van der Waals surface area contributed by atoms with Gasteiger partial charge in [-0.2, -0.15) is 9.61 Å². The Kier molecular flexibility index (Phi) is 2.08. The number of para-hydroxylation sites is 1. The Morgan fingerprint density at radius 1 is 1.35 bits per heavy atom. The minimum atomic E-state index is -0.419. The lowest BCUT2D eigenvalue weighted by Crippen LogP contribution is -1.91. The predicted molar refractivity (Wildman–Crippen MR) is 60.7 cm³/mol. The van der Waals surface area contributed by atoms with Crippen LogP contribution in [0.2, 0.25) is 0 Å². The summed E-state index contributed by atoms with van der Waals surface area (Å²) in [7, 11) is 0. The third kappa shape index (κ3) is 1.54. The van der Waals surface area contributed by atoms with Crippen LogP contribution in [-0.2, 0) is 0 Å². The molecule has 0 fully saturated rings. The standard InChI is InChI=1S/C9H5N5O2S/c15-14(16)7-4-2-1-3-6(7)8-12-13-5-10-11-9(13)17-8/h1-5H. The van der Waals surface area contributed by atoms with Crippen LogP contribution in [0.5, 0.6) is 0 Å². The number of nitro groups is 1. The average molecular weight is 247 g/mol. The third-order valence-corrected chi connectivity index (χ3v) is 3.16. The van der Waals surface area contributed by atoms with Crippen LogP contribution in [0.1, 0.15) is 0 Å². The quantitative estimate of drug-likeness (QED) is 0.508. The summed E-state index contributed by atoms with van der Waals surface area (Å²) < 4.78 is 1.50. The van der Waals surface area contributed by atoms with Crippen LogP contribution >= 0.6 is 11.3 Å². The number of rotatable bonds is 2. The van der Waals surface area contributed by atoms with Crippen molar-refractivity contribution in [3.63, 3.8) is 0 Å². The summed E-state index contributed by atoms with van der Waals surface area (Å²) in [4.78, 5) is 11.1. The molecule has 0 saturated heterocycles. The second-order valence-electron chi connectivity index (χ2n) is 3.24. The maximum atomic E-state index is 10.9. The second kappa shape index (κ2) is 3.59. The van der Waals surface area contributed by atoms with Crippen molar-refractivity contribution >= 4 is 22.0 Å². The Labute approximate surface area is 98.5 Å². The number of hydrogen-bond donors (Lipinski definition) is 0. The van der Waals surface area contributed by atoms with Crippen LogP contribution in [0.3, 0.4) is 0 Å². The molecule has 8 heteroatoms. The molecule has 1 aromatic carbocycles. The van der Waals surface area contributed by atoms with Gasteiger partial charge in [-0.25, -0.2) is 0 Å². The molecule has 0 amide bonds. The molecule has 17 heavy (non-hydrogen) atoms. The minimum absolute atomic E-state index is 0.0393. The van der Waals surface area contributed by atoms with Gasteiger partial charge in [0, 0.05) is 6.07 Å². The maximum absolute atomic E-state index is 10.9. The van der Waals surface area contributed by atoms with Gasteiger partial charge in [0.2, 0.25) is 4.96 Å². The summed E-state index contributed by atoms with van der Waals surface area (Å²) in [5.41, 5.74) is 0.533. The van der Waals surface area contributed by atoms with E-state index < -0.39 is 4.92 Å². The van der Waals surface area contributed by atoms with Crippen molar-refractivity contribution in [1.82, 2.24) is 19.8 Å². The molecule has 2 heterocycles. The van der Waals surface area contributed by atoms with E-state index >= 15 is 0 Å². The Hall–Kier alpha value is -2.35. The molecule has 0 aliphatic carbocycles. The zero-order valence-corrected chi connectivity index (χ0v) is 9.16. The number of aromatic nitrogens is 4. The first-order chi connectivity index (χ1) is 8.25. The summed E-state index contributed by atoms with van der Waals surface area (Å²) in [5.74, 6) is 0. The predicted octanol–water partition coefficient (Wildman–Crippen LogP) is 1.76.